The maximum Gasteiger partial charge on any atom is 0.410 e. The number of amides is 1. The van der Waals surface area contributed by atoms with Gasteiger partial charge in [-0.3, -0.25) is 4.99 Å². The monoisotopic (exact) mass is 400 g/mol. The van der Waals surface area contributed by atoms with E-state index in [1.807, 2.05) is 26.8 Å². The molecule has 7 nitrogen and oxygen atoms in total. The minimum absolute atomic E-state index is 0.178. The number of phenols is 1. The number of hydrogen-bond acceptors (Lipinski definition) is 6. The number of benzene rings is 1. The molecule has 0 spiro atoms. The molecule has 0 aromatic heterocycles. The third-order valence-corrected chi connectivity index (χ3v) is 5.91. The number of aromatic hydroxyl groups is 1. The molecule has 1 aliphatic carbocycles. The first-order valence-electron chi connectivity index (χ1n) is 10.7. The Labute approximate surface area is 172 Å². The van der Waals surface area contributed by atoms with Crippen LogP contribution in [0.1, 0.15) is 50.3 Å². The summed E-state index contributed by atoms with van der Waals surface area (Å²) >= 11 is 0. The van der Waals surface area contributed by atoms with Gasteiger partial charge in [-0.15, -0.1) is 0 Å². The van der Waals surface area contributed by atoms with E-state index in [1.165, 1.54) is 24.0 Å². The molecule has 0 bridgehead atoms. The van der Waals surface area contributed by atoms with Gasteiger partial charge in [-0.2, -0.15) is 0 Å². The second-order valence-corrected chi connectivity index (χ2v) is 9.20. The number of carbonyl (C=O) groups is 1. The Morgan fingerprint density at radius 3 is 2.86 bits per heavy atom. The van der Waals surface area contributed by atoms with Crippen LogP contribution in [0.2, 0.25) is 0 Å². The van der Waals surface area contributed by atoms with Crippen LogP contribution in [0, 0.1) is 0 Å². The summed E-state index contributed by atoms with van der Waals surface area (Å²) in [6, 6.07) is 4.06. The molecule has 0 radical (unpaired) electrons. The van der Waals surface area contributed by atoms with Gasteiger partial charge in [-0.1, -0.05) is 6.07 Å². The van der Waals surface area contributed by atoms with Gasteiger partial charge >= 0.3 is 6.09 Å². The van der Waals surface area contributed by atoms with E-state index < -0.39 is 5.60 Å². The van der Waals surface area contributed by atoms with Crippen molar-refractivity contribution < 1.29 is 14.6 Å². The van der Waals surface area contributed by atoms with Gasteiger partial charge in [0.25, 0.3) is 0 Å². The molecule has 1 atom stereocenters. The van der Waals surface area contributed by atoms with Crippen molar-refractivity contribution in [2.75, 3.05) is 26.2 Å². The molecule has 7 heteroatoms. The molecular formula is C22H32N4O3. The van der Waals surface area contributed by atoms with E-state index in [9.17, 15) is 9.90 Å². The minimum atomic E-state index is -0.482. The van der Waals surface area contributed by atoms with Gasteiger partial charge < -0.3 is 25.0 Å². The van der Waals surface area contributed by atoms with Crippen LogP contribution >= 0.6 is 0 Å². The zero-order valence-electron chi connectivity index (χ0n) is 17.7. The topological polar surface area (TPSA) is 77.4 Å². The number of piperazine rings is 1. The first-order valence-corrected chi connectivity index (χ1v) is 10.7. The summed E-state index contributed by atoms with van der Waals surface area (Å²) in [7, 11) is 0. The predicted molar refractivity (Wildman–Crippen MR) is 112 cm³/mol. The minimum Gasteiger partial charge on any atom is -0.508 e. The van der Waals surface area contributed by atoms with Gasteiger partial charge in [0, 0.05) is 31.7 Å². The molecule has 1 fully saturated rings. The SMILES string of the molecule is CC(C)(C)OC(=O)N1CCN2C(NCc3c(O)ccc4c3CCCC4)=NCC2C1. The quantitative estimate of drug-likeness (QED) is 0.798. The zero-order valence-corrected chi connectivity index (χ0v) is 17.7. The smallest absolute Gasteiger partial charge is 0.410 e. The van der Waals surface area contributed by atoms with Crippen molar-refractivity contribution in [3.63, 3.8) is 0 Å². The van der Waals surface area contributed by atoms with Crippen molar-refractivity contribution in [1.82, 2.24) is 15.1 Å². The highest BCUT2D eigenvalue weighted by atomic mass is 16.6. The number of ether oxygens (including phenoxy) is 1. The molecule has 1 aromatic rings. The number of nitrogens with zero attached hydrogens (tertiary/aromatic N) is 3. The molecule has 4 rings (SSSR count). The Morgan fingerprint density at radius 2 is 2.07 bits per heavy atom. The number of rotatable bonds is 2. The number of nitrogens with one attached hydrogen (secondary N) is 1. The lowest BCUT2D eigenvalue weighted by molar-refractivity contribution is 0.0137. The molecule has 1 aromatic carbocycles. The van der Waals surface area contributed by atoms with Crippen molar-refractivity contribution in [3.8, 4) is 5.75 Å². The molecule has 158 valence electrons. The summed E-state index contributed by atoms with van der Waals surface area (Å²) in [4.78, 5) is 21.1. The maximum atomic E-state index is 12.4. The number of guanidine groups is 1. The van der Waals surface area contributed by atoms with Crippen molar-refractivity contribution in [1.29, 1.82) is 0 Å². The van der Waals surface area contributed by atoms with Crippen LogP contribution in [-0.4, -0.2) is 64.8 Å². The van der Waals surface area contributed by atoms with E-state index in [-0.39, 0.29) is 12.1 Å². The fourth-order valence-corrected chi connectivity index (χ4v) is 4.48. The van der Waals surface area contributed by atoms with Crippen LogP contribution < -0.4 is 5.32 Å². The van der Waals surface area contributed by atoms with Gasteiger partial charge in [0.2, 0.25) is 0 Å². The third-order valence-electron chi connectivity index (χ3n) is 5.91. The number of hydrogen-bond donors (Lipinski definition) is 2. The Hall–Kier alpha value is -2.44. The van der Waals surface area contributed by atoms with Gasteiger partial charge in [-0.25, -0.2) is 4.79 Å². The molecule has 3 aliphatic rings. The first-order chi connectivity index (χ1) is 13.8. The summed E-state index contributed by atoms with van der Waals surface area (Å²) in [6.07, 6.45) is 4.28. The lowest BCUT2D eigenvalue weighted by atomic mass is 9.88. The second kappa shape index (κ2) is 7.76. The number of aliphatic imine (C=N–C) groups is 1. The Bertz CT molecular complexity index is 815. The highest BCUT2D eigenvalue weighted by molar-refractivity contribution is 5.82. The average molecular weight is 401 g/mol. The van der Waals surface area contributed by atoms with Gasteiger partial charge in [0.15, 0.2) is 5.96 Å². The standard InChI is InChI=1S/C22H32N4O3/c1-22(2,3)29-21(28)25-10-11-26-16(14-25)12-23-20(26)24-13-18-17-7-5-4-6-15(17)8-9-19(18)27/h8-9,16,27H,4-7,10-14H2,1-3H3,(H,23,24). The Morgan fingerprint density at radius 1 is 1.28 bits per heavy atom. The zero-order chi connectivity index (χ0) is 20.6. The highest BCUT2D eigenvalue weighted by Gasteiger charge is 2.36. The maximum absolute atomic E-state index is 12.4. The molecule has 1 amide bonds. The average Bonchev–Trinajstić information content (AvgIpc) is 3.08. The van der Waals surface area contributed by atoms with Gasteiger partial charge in [0.1, 0.15) is 11.4 Å². The van der Waals surface area contributed by atoms with Crippen LogP contribution in [0.4, 0.5) is 4.79 Å². The largest absolute Gasteiger partial charge is 0.508 e. The fraction of sp³-hybridized carbons (Fsp3) is 0.636. The van der Waals surface area contributed by atoms with E-state index in [0.29, 0.717) is 31.9 Å². The van der Waals surface area contributed by atoms with Crippen LogP contribution in [-0.2, 0) is 24.1 Å². The Kier molecular flexibility index (Phi) is 5.32. The molecule has 0 saturated carbocycles. The normalized spacial score (nSPS) is 21.3. The number of carbonyl (C=O) groups excluding carboxylic acids is 1. The number of phenolic OH excluding ortho intramolecular Hbond substituents is 1. The molecule has 2 N–H and O–H groups in total. The molecule has 29 heavy (non-hydrogen) atoms. The molecule has 1 saturated heterocycles. The Balaban J connectivity index is 1.37. The van der Waals surface area contributed by atoms with E-state index in [2.05, 4.69) is 21.3 Å². The summed E-state index contributed by atoms with van der Waals surface area (Å²) in [6.45, 7) is 8.88. The first kappa shape index (κ1) is 19.9. The number of fused-ring (bicyclic) bond motifs is 2. The predicted octanol–water partition coefficient (Wildman–Crippen LogP) is 2.65. The van der Waals surface area contributed by atoms with Crippen LogP contribution in [0.25, 0.3) is 0 Å². The van der Waals surface area contributed by atoms with Gasteiger partial charge in [-0.05, 0) is 63.6 Å². The lowest BCUT2D eigenvalue weighted by Crippen LogP contribution is -2.57. The van der Waals surface area contributed by atoms with Crippen molar-refractivity contribution in [2.24, 2.45) is 4.99 Å². The van der Waals surface area contributed by atoms with Crippen molar-refractivity contribution >= 4 is 12.1 Å². The van der Waals surface area contributed by atoms with Gasteiger partial charge in [0.05, 0.1) is 12.6 Å². The van der Waals surface area contributed by atoms with Crippen molar-refractivity contribution in [3.05, 3.63) is 28.8 Å². The van der Waals surface area contributed by atoms with Crippen LogP contribution in [0.15, 0.2) is 17.1 Å². The van der Waals surface area contributed by atoms with E-state index in [4.69, 9.17) is 4.74 Å². The summed E-state index contributed by atoms with van der Waals surface area (Å²) < 4.78 is 5.51. The lowest BCUT2D eigenvalue weighted by Gasteiger charge is -2.39. The van der Waals surface area contributed by atoms with Crippen LogP contribution in [0.3, 0.4) is 0 Å². The van der Waals surface area contributed by atoms with E-state index in [0.717, 1.165) is 30.9 Å². The molecule has 1 unspecified atom stereocenters. The van der Waals surface area contributed by atoms with Crippen LogP contribution in [0.5, 0.6) is 5.75 Å². The molecule has 2 aliphatic heterocycles. The summed E-state index contributed by atoms with van der Waals surface area (Å²) in [5, 5.41) is 13.9. The molecule has 2 heterocycles. The molecular weight excluding hydrogens is 368 g/mol. The van der Waals surface area contributed by atoms with E-state index in [1.54, 1.807) is 4.90 Å². The second-order valence-electron chi connectivity index (χ2n) is 9.20. The highest BCUT2D eigenvalue weighted by Crippen LogP contribution is 2.30. The summed E-state index contributed by atoms with van der Waals surface area (Å²) in [5.41, 5.74) is 3.18. The van der Waals surface area contributed by atoms with E-state index >= 15 is 0 Å². The van der Waals surface area contributed by atoms with Crippen molar-refractivity contribution in [2.45, 2.75) is 64.6 Å². The fourth-order valence-electron chi connectivity index (χ4n) is 4.48. The number of aryl methyl sites for hydroxylation is 1. The third kappa shape index (κ3) is 4.28. The summed E-state index contributed by atoms with van der Waals surface area (Å²) in [5.74, 6) is 1.23.